The van der Waals surface area contributed by atoms with Gasteiger partial charge in [-0.3, -0.25) is 14.5 Å². The van der Waals surface area contributed by atoms with E-state index in [0.717, 1.165) is 0 Å². The van der Waals surface area contributed by atoms with Crippen LogP contribution in [0.2, 0.25) is 0 Å². The number of aromatic nitrogens is 1. The summed E-state index contributed by atoms with van der Waals surface area (Å²) < 4.78 is 5.54. The number of ether oxygens (including phenoxy) is 1. The van der Waals surface area contributed by atoms with Gasteiger partial charge in [0.2, 0.25) is 5.91 Å². The number of anilines is 2. The fourth-order valence-electron chi connectivity index (χ4n) is 2.28. The summed E-state index contributed by atoms with van der Waals surface area (Å²) in [6, 6.07) is 12.4. The number of nitrogens with one attached hydrogen (secondary N) is 1. The summed E-state index contributed by atoms with van der Waals surface area (Å²) in [4.78, 5) is 29.9. The summed E-state index contributed by atoms with van der Waals surface area (Å²) in [5, 5.41) is 2.67. The van der Waals surface area contributed by atoms with Crippen LogP contribution >= 0.6 is 0 Å². The largest absolute Gasteiger partial charge is 0.479 e. The normalized spacial score (nSPS) is 16.7. The molecular formula is C16H15N3O3. The number of carbonyl (C=O) groups excluding carboxylic acids is 2. The molecule has 3 rings (SSSR count). The van der Waals surface area contributed by atoms with Crippen LogP contribution in [0.4, 0.5) is 11.5 Å². The average Bonchev–Trinajstić information content (AvgIpc) is 2.53. The Bertz CT molecular complexity index is 703. The average molecular weight is 297 g/mol. The monoisotopic (exact) mass is 297 g/mol. The Morgan fingerprint density at radius 3 is 2.82 bits per heavy atom. The summed E-state index contributed by atoms with van der Waals surface area (Å²) in [6.07, 6.45) is 0.977. The molecule has 0 saturated carbocycles. The van der Waals surface area contributed by atoms with Gasteiger partial charge in [0.1, 0.15) is 18.1 Å². The maximum Gasteiger partial charge on any atom is 0.268 e. The Kier molecular flexibility index (Phi) is 3.74. The number of fused-ring (bicyclic) bond motifs is 1. The maximum atomic E-state index is 12.3. The fraction of sp³-hybridized carbons (Fsp3) is 0.188. The number of hydrogen-bond donors (Lipinski definition) is 1. The molecular weight excluding hydrogens is 282 g/mol. The van der Waals surface area contributed by atoms with E-state index in [1.807, 2.05) is 6.07 Å². The van der Waals surface area contributed by atoms with Gasteiger partial charge in [-0.1, -0.05) is 18.2 Å². The molecule has 112 valence electrons. The van der Waals surface area contributed by atoms with E-state index in [0.29, 0.717) is 17.3 Å². The zero-order valence-corrected chi connectivity index (χ0v) is 12.0. The lowest BCUT2D eigenvalue weighted by Crippen LogP contribution is -2.47. The van der Waals surface area contributed by atoms with Crippen LogP contribution in [0.25, 0.3) is 0 Å². The maximum absolute atomic E-state index is 12.3. The molecule has 1 atom stereocenters. The Hall–Kier alpha value is -2.89. The number of carbonyl (C=O) groups is 2. The zero-order valence-electron chi connectivity index (χ0n) is 12.0. The molecule has 2 amide bonds. The van der Waals surface area contributed by atoms with E-state index in [-0.39, 0.29) is 18.4 Å². The summed E-state index contributed by atoms with van der Waals surface area (Å²) >= 11 is 0. The summed E-state index contributed by atoms with van der Waals surface area (Å²) in [6.45, 7) is 1.59. The van der Waals surface area contributed by atoms with Gasteiger partial charge in [0.15, 0.2) is 6.10 Å². The smallest absolute Gasteiger partial charge is 0.268 e. The molecule has 2 aromatic rings. The van der Waals surface area contributed by atoms with E-state index in [1.165, 1.54) is 4.90 Å². The Morgan fingerprint density at radius 1 is 1.27 bits per heavy atom. The van der Waals surface area contributed by atoms with Crippen molar-refractivity contribution >= 4 is 23.3 Å². The van der Waals surface area contributed by atoms with E-state index in [2.05, 4.69) is 10.3 Å². The van der Waals surface area contributed by atoms with Crippen molar-refractivity contribution in [2.24, 2.45) is 0 Å². The van der Waals surface area contributed by atoms with Crippen molar-refractivity contribution in [3.63, 3.8) is 0 Å². The highest BCUT2D eigenvalue weighted by molar-refractivity contribution is 6.05. The van der Waals surface area contributed by atoms with Crippen LogP contribution in [0.15, 0.2) is 48.7 Å². The quantitative estimate of drug-likeness (QED) is 0.938. The summed E-state index contributed by atoms with van der Waals surface area (Å²) in [5.74, 6) is 0.501. The molecule has 1 N–H and O–H groups in total. The number of benzene rings is 1. The van der Waals surface area contributed by atoms with Crippen LogP contribution in [0, 0.1) is 0 Å². The first kappa shape index (κ1) is 14.1. The molecule has 1 aromatic carbocycles. The van der Waals surface area contributed by atoms with Crippen LogP contribution in [0.3, 0.4) is 0 Å². The van der Waals surface area contributed by atoms with Crippen molar-refractivity contribution in [2.75, 3.05) is 16.8 Å². The van der Waals surface area contributed by atoms with Crippen LogP contribution < -0.4 is 15.0 Å². The number of rotatable bonds is 3. The highest BCUT2D eigenvalue weighted by atomic mass is 16.5. The molecule has 0 radical (unpaired) electrons. The molecule has 22 heavy (non-hydrogen) atoms. The first-order valence-corrected chi connectivity index (χ1v) is 6.93. The van der Waals surface area contributed by atoms with Gasteiger partial charge in [-0.25, -0.2) is 4.98 Å². The van der Waals surface area contributed by atoms with Gasteiger partial charge in [0.05, 0.1) is 5.69 Å². The van der Waals surface area contributed by atoms with Crippen LogP contribution in [-0.2, 0) is 9.59 Å². The number of hydrogen-bond acceptors (Lipinski definition) is 4. The van der Waals surface area contributed by atoms with Gasteiger partial charge in [-0.2, -0.15) is 0 Å². The highest BCUT2D eigenvalue weighted by Gasteiger charge is 2.32. The van der Waals surface area contributed by atoms with Crippen molar-refractivity contribution in [3.8, 4) is 5.75 Å². The second-order valence-corrected chi connectivity index (χ2v) is 4.92. The topological polar surface area (TPSA) is 71.5 Å². The molecule has 2 heterocycles. The van der Waals surface area contributed by atoms with Gasteiger partial charge in [0.25, 0.3) is 5.91 Å². The molecule has 0 aliphatic carbocycles. The number of nitrogens with zero attached hydrogens (tertiary/aromatic N) is 2. The van der Waals surface area contributed by atoms with Crippen molar-refractivity contribution in [3.05, 3.63) is 48.7 Å². The van der Waals surface area contributed by atoms with Gasteiger partial charge in [-0.05, 0) is 31.2 Å². The molecule has 0 spiro atoms. The SMILES string of the molecule is CC1Oc2ccccc2N(CC(=O)Nc2ccccn2)C1=O. The lowest BCUT2D eigenvalue weighted by atomic mass is 10.2. The van der Waals surface area contributed by atoms with Crippen LogP contribution in [0.1, 0.15) is 6.92 Å². The van der Waals surface area contributed by atoms with Gasteiger partial charge in [0, 0.05) is 6.20 Å². The van der Waals surface area contributed by atoms with E-state index in [1.54, 1.807) is 49.5 Å². The molecule has 1 unspecified atom stereocenters. The van der Waals surface area contributed by atoms with E-state index in [9.17, 15) is 9.59 Å². The minimum atomic E-state index is -0.613. The molecule has 6 nitrogen and oxygen atoms in total. The summed E-state index contributed by atoms with van der Waals surface area (Å²) in [7, 11) is 0. The number of para-hydroxylation sites is 2. The van der Waals surface area contributed by atoms with E-state index in [4.69, 9.17) is 4.74 Å². The lowest BCUT2D eigenvalue weighted by molar-refractivity contribution is -0.127. The van der Waals surface area contributed by atoms with Crippen molar-refractivity contribution in [1.29, 1.82) is 0 Å². The first-order valence-electron chi connectivity index (χ1n) is 6.93. The van der Waals surface area contributed by atoms with E-state index < -0.39 is 6.10 Å². The van der Waals surface area contributed by atoms with Crippen molar-refractivity contribution in [2.45, 2.75) is 13.0 Å². The minimum Gasteiger partial charge on any atom is -0.479 e. The summed E-state index contributed by atoms with van der Waals surface area (Å²) in [5.41, 5.74) is 0.599. The molecule has 1 aromatic heterocycles. The molecule has 1 aliphatic heterocycles. The molecule has 0 fully saturated rings. The Balaban J connectivity index is 1.79. The number of pyridine rings is 1. The van der Waals surface area contributed by atoms with Gasteiger partial charge >= 0.3 is 0 Å². The molecule has 0 saturated heterocycles. The van der Waals surface area contributed by atoms with Crippen molar-refractivity contribution < 1.29 is 14.3 Å². The minimum absolute atomic E-state index is 0.0832. The second-order valence-electron chi connectivity index (χ2n) is 4.92. The standard InChI is InChI=1S/C16H15N3O3/c1-11-16(21)19(12-6-2-3-7-13(12)22-11)10-15(20)18-14-8-4-5-9-17-14/h2-9,11H,10H2,1H3,(H,17,18,20). The third-order valence-electron chi connectivity index (χ3n) is 3.31. The third-order valence-corrected chi connectivity index (χ3v) is 3.31. The molecule has 0 bridgehead atoms. The molecule has 1 aliphatic rings. The fourth-order valence-corrected chi connectivity index (χ4v) is 2.28. The van der Waals surface area contributed by atoms with Crippen LogP contribution in [-0.4, -0.2) is 29.4 Å². The van der Waals surface area contributed by atoms with Crippen LogP contribution in [0.5, 0.6) is 5.75 Å². The third kappa shape index (κ3) is 2.76. The molecule has 6 heteroatoms. The predicted octanol–water partition coefficient (Wildman–Crippen LogP) is 1.83. The number of amides is 2. The zero-order chi connectivity index (χ0) is 15.5. The Labute approximate surface area is 127 Å². The predicted molar refractivity (Wildman–Crippen MR) is 81.8 cm³/mol. The van der Waals surface area contributed by atoms with Crippen molar-refractivity contribution in [1.82, 2.24) is 4.98 Å². The van der Waals surface area contributed by atoms with Gasteiger partial charge < -0.3 is 10.1 Å². The lowest BCUT2D eigenvalue weighted by Gasteiger charge is -2.32. The highest BCUT2D eigenvalue weighted by Crippen LogP contribution is 2.33. The first-order chi connectivity index (χ1) is 10.6. The Morgan fingerprint density at radius 2 is 2.05 bits per heavy atom. The van der Waals surface area contributed by atoms with Gasteiger partial charge in [-0.15, -0.1) is 0 Å². The second kappa shape index (κ2) is 5.85. The van der Waals surface area contributed by atoms with E-state index >= 15 is 0 Å².